The van der Waals surface area contributed by atoms with Crippen LogP contribution in [0.25, 0.3) is 0 Å². The highest BCUT2D eigenvalue weighted by atomic mass is 16.4. The van der Waals surface area contributed by atoms with E-state index in [0.29, 0.717) is 12.1 Å². The first kappa shape index (κ1) is 29.8. The summed E-state index contributed by atoms with van der Waals surface area (Å²) in [4.78, 5) is 60.9. The molecule has 11 N–H and O–H groups in total. The van der Waals surface area contributed by atoms with Crippen molar-refractivity contribution in [3.63, 3.8) is 0 Å². The number of imidazole rings is 1. The van der Waals surface area contributed by atoms with Crippen molar-refractivity contribution < 1.29 is 24.3 Å². The lowest BCUT2D eigenvalue weighted by molar-refractivity contribution is -0.141. The Bertz CT molecular complexity index is 1090. The van der Waals surface area contributed by atoms with E-state index >= 15 is 0 Å². The lowest BCUT2D eigenvalue weighted by Gasteiger charge is -2.25. The molecule has 14 heteroatoms. The van der Waals surface area contributed by atoms with Crippen LogP contribution in [-0.2, 0) is 32.0 Å². The summed E-state index contributed by atoms with van der Waals surface area (Å²) in [7, 11) is 0. The van der Waals surface area contributed by atoms with Gasteiger partial charge in [-0.05, 0) is 25.3 Å². The zero-order valence-corrected chi connectivity index (χ0v) is 21.1. The van der Waals surface area contributed by atoms with Crippen LogP contribution in [0.5, 0.6) is 0 Å². The number of guanidine groups is 1. The molecule has 0 aliphatic heterocycles. The average molecular weight is 530 g/mol. The molecule has 4 unspecified atom stereocenters. The third-order valence-corrected chi connectivity index (χ3v) is 5.55. The Balaban J connectivity index is 2.18. The van der Waals surface area contributed by atoms with Crippen molar-refractivity contribution in [2.24, 2.45) is 22.2 Å². The van der Waals surface area contributed by atoms with E-state index in [9.17, 15) is 19.2 Å². The Kier molecular flexibility index (Phi) is 11.7. The molecule has 0 fully saturated rings. The standard InChI is InChI=1S/C24H35N9O5/c1-14(23(37)38)31-21(35)18(8-5-9-29-24(26)27)32-22(36)19(10-15-6-3-2-4-7-15)33-20(34)17(25)11-16-12-28-13-30-16/h2-4,6-7,12-14,17-19H,5,8-11,25H2,1H3,(H,28,30)(H,31,35)(H,32,36)(H,33,34)(H,37,38)(H4,26,27,29). The minimum Gasteiger partial charge on any atom is -0.480 e. The summed E-state index contributed by atoms with van der Waals surface area (Å²) in [5.41, 5.74) is 18.1. The van der Waals surface area contributed by atoms with Gasteiger partial charge in [0.05, 0.1) is 12.4 Å². The van der Waals surface area contributed by atoms with E-state index in [0.717, 1.165) is 5.56 Å². The first-order valence-electron chi connectivity index (χ1n) is 12.0. The number of hydrogen-bond donors (Lipinski definition) is 8. The second kappa shape index (κ2) is 14.9. The van der Waals surface area contributed by atoms with Gasteiger partial charge in [0.2, 0.25) is 17.7 Å². The molecule has 1 aromatic heterocycles. The number of rotatable bonds is 15. The van der Waals surface area contributed by atoms with Gasteiger partial charge in [-0.25, -0.2) is 4.98 Å². The zero-order chi connectivity index (χ0) is 28.1. The molecule has 206 valence electrons. The number of hydrogen-bond acceptors (Lipinski definition) is 7. The van der Waals surface area contributed by atoms with Crippen molar-refractivity contribution in [1.29, 1.82) is 0 Å². The number of aliphatic carboxylic acids is 1. The Morgan fingerprint density at radius 3 is 2.26 bits per heavy atom. The molecule has 2 aromatic rings. The third kappa shape index (κ3) is 10.3. The number of carbonyl (C=O) groups excluding carboxylic acids is 3. The molecule has 0 spiro atoms. The van der Waals surface area contributed by atoms with Gasteiger partial charge >= 0.3 is 5.97 Å². The smallest absolute Gasteiger partial charge is 0.325 e. The predicted molar refractivity (Wildman–Crippen MR) is 139 cm³/mol. The van der Waals surface area contributed by atoms with Gasteiger partial charge in [0.1, 0.15) is 18.1 Å². The second-order valence-electron chi connectivity index (χ2n) is 8.72. The number of carbonyl (C=O) groups is 4. The lowest BCUT2D eigenvalue weighted by Crippen LogP contribution is -2.57. The van der Waals surface area contributed by atoms with Crippen molar-refractivity contribution in [3.05, 3.63) is 54.1 Å². The van der Waals surface area contributed by atoms with Crippen LogP contribution in [-0.4, -0.2) is 75.4 Å². The maximum atomic E-state index is 13.4. The van der Waals surface area contributed by atoms with E-state index in [4.69, 9.17) is 22.3 Å². The highest BCUT2D eigenvalue weighted by molar-refractivity contribution is 5.94. The number of H-pyrrole nitrogens is 1. The molecule has 4 atom stereocenters. The summed E-state index contributed by atoms with van der Waals surface area (Å²) in [5, 5.41) is 16.8. The summed E-state index contributed by atoms with van der Waals surface area (Å²) in [6.07, 6.45) is 3.76. The van der Waals surface area contributed by atoms with Crippen LogP contribution in [0.3, 0.4) is 0 Å². The number of aromatic nitrogens is 2. The van der Waals surface area contributed by atoms with Crippen LogP contribution in [0.2, 0.25) is 0 Å². The van der Waals surface area contributed by atoms with Gasteiger partial charge in [0.25, 0.3) is 0 Å². The van der Waals surface area contributed by atoms with E-state index in [2.05, 4.69) is 30.9 Å². The number of carboxylic acid groups (broad SMARTS) is 1. The van der Waals surface area contributed by atoms with Crippen LogP contribution >= 0.6 is 0 Å². The summed E-state index contributed by atoms with van der Waals surface area (Å²) < 4.78 is 0. The van der Waals surface area contributed by atoms with Crippen molar-refractivity contribution in [2.45, 2.75) is 56.8 Å². The fourth-order valence-corrected chi connectivity index (χ4v) is 3.48. The monoisotopic (exact) mass is 529 g/mol. The maximum Gasteiger partial charge on any atom is 0.325 e. The Morgan fingerprint density at radius 1 is 1.00 bits per heavy atom. The summed E-state index contributed by atoms with van der Waals surface area (Å²) in [6, 6.07) is 4.69. The molecule has 38 heavy (non-hydrogen) atoms. The van der Waals surface area contributed by atoms with E-state index in [-0.39, 0.29) is 31.8 Å². The zero-order valence-electron chi connectivity index (χ0n) is 21.1. The molecule has 0 radical (unpaired) electrons. The fourth-order valence-electron chi connectivity index (χ4n) is 3.48. The van der Waals surface area contributed by atoms with E-state index in [1.807, 2.05) is 6.07 Å². The molecule has 0 saturated heterocycles. The minimum absolute atomic E-state index is 0.117. The number of aromatic amines is 1. The number of amides is 3. The maximum absolute atomic E-state index is 13.4. The normalized spacial score (nSPS) is 13.8. The molecule has 2 rings (SSSR count). The summed E-state index contributed by atoms with van der Waals surface area (Å²) in [5.74, 6) is -3.25. The number of benzene rings is 1. The molecular formula is C24H35N9O5. The number of nitrogens with zero attached hydrogens (tertiary/aromatic N) is 2. The van der Waals surface area contributed by atoms with Gasteiger partial charge in [0.15, 0.2) is 5.96 Å². The van der Waals surface area contributed by atoms with Crippen molar-refractivity contribution >= 4 is 29.7 Å². The summed E-state index contributed by atoms with van der Waals surface area (Å²) in [6.45, 7) is 1.50. The quantitative estimate of drug-likeness (QED) is 0.0731. The van der Waals surface area contributed by atoms with Gasteiger partial charge in [-0.1, -0.05) is 30.3 Å². The Labute approximate surface area is 219 Å². The number of carboxylic acids is 1. The van der Waals surface area contributed by atoms with Gasteiger partial charge in [-0.15, -0.1) is 0 Å². The average Bonchev–Trinajstić information content (AvgIpc) is 3.38. The molecule has 0 saturated carbocycles. The minimum atomic E-state index is -1.23. The van der Waals surface area contributed by atoms with E-state index in [1.165, 1.54) is 13.3 Å². The first-order valence-corrected chi connectivity index (χ1v) is 12.0. The van der Waals surface area contributed by atoms with Gasteiger partial charge in [-0.3, -0.25) is 24.2 Å². The number of nitrogens with one attached hydrogen (secondary N) is 4. The van der Waals surface area contributed by atoms with E-state index < -0.39 is 47.9 Å². The molecule has 0 bridgehead atoms. The lowest BCUT2D eigenvalue weighted by atomic mass is 10.0. The van der Waals surface area contributed by atoms with Gasteiger partial charge in [0, 0.05) is 31.3 Å². The predicted octanol–water partition coefficient (Wildman–Crippen LogP) is -1.87. The molecule has 1 aromatic carbocycles. The fraction of sp³-hybridized carbons (Fsp3) is 0.417. The molecule has 0 aliphatic rings. The Hall–Kier alpha value is -4.46. The SMILES string of the molecule is CC(NC(=O)C(CCCN=C(N)N)NC(=O)C(Cc1ccccc1)NC(=O)C(N)Cc1cnc[nH]1)C(=O)O. The molecule has 3 amide bonds. The largest absolute Gasteiger partial charge is 0.480 e. The van der Waals surface area contributed by atoms with Gasteiger partial charge < -0.3 is 43.2 Å². The molecule has 14 nitrogen and oxygen atoms in total. The van der Waals surface area contributed by atoms with E-state index in [1.54, 1.807) is 30.5 Å². The highest BCUT2D eigenvalue weighted by Crippen LogP contribution is 2.07. The van der Waals surface area contributed by atoms with Crippen LogP contribution in [0.1, 0.15) is 31.0 Å². The van der Waals surface area contributed by atoms with Crippen LogP contribution in [0.15, 0.2) is 47.8 Å². The van der Waals surface area contributed by atoms with Crippen molar-refractivity contribution in [3.8, 4) is 0 Å². The van der Waals surface area contributed by atoms with Crippen LogP contribution < -0.4 is 33.2 Å². The number of nitrogens with two attached hydrogens (primary N) is 3. The van der Waals surface area contributed by atoms with Crippen molar-refractivity contribution in [1.82, 2.24) is 25.9 Å². The Morgan fingerprint density at radius 2 is 1.66 bits per heavy atom. The van der Waals surface area contributed by atoms with Crippen LogP contribution in [0.4, 0.5) is 0 Å². The second-order valence-corrected chi connectivity index (χ2v) is 8.72. The van der Waals surface area contributed by atoms with Crippen LogP contribution in [0, 0.1) is 0 Å². The van der Waals surface area contributed by atoms with Crippen molar-refractivity contribution in [2.75, 3.05) is 6.54 Å². The number of aliphatic imine (C=N–C) groups is 1. The topological polar surface area (TPSA) is 244 Å². The summed E-state index contributed by atoms with van der Waals surface area (Å²) >= 11 is 0. The molecular weight excluding hydrogens is 494 g/mol. The van der Waals surface area contributed by atoms with Gasteiger partial charge in [-0.2, -0.15) is 0 Å². The molecule has 0 aliphatic carbocycles. The third-order valence-electron chi connectivity index (χ3n) is 5.55. The highest BCUT2D eigenvalue weighted by Gasteiger charge is 2.29. The first-order chi connectivity index (χ1) is 18.1. The molecule has 1 heterocycles.